The Balaban J connectivity index is 1.76. The first kappa shape index (κ1) is 13.3. The molecule has 104 valence electrons. The fourth-order valence-corrected chi connectivity index (χ4v) is 2.08. The zero-order valence-electron chi connectivity index (χ0n) is 11.4. The average molecular weight is 279 g/mol. The fraction of sp³-hybridized carbons (Fsp3) is 0.0556. The van der Waals surface area contributed by atoms with Crippen molar-refractivity contribution in [2.45, 2.75) is 6.61 Å². The summed E-state index contributed by atoms with van der Waals surface area (Å²) in [6.45, 7) is 0.423. The van der Waals surface area contributed by atoms with Gasteiger partial charge >= 0.3 is 0 Å². The molecule has 0 saturated heterocycles. The molecule has 0 spiro atoms. The van der Waals surface area contributed by atoms with Crippen LogP contribution in [0.1, 0.15) is 5.56 Å². The first-order valence-electron chi connectivity index (χ1n) is 6.69. The zero-order chi connectivity index (χ0) is 14.5. The number of ether oxygens (including phenoxy) is 1. The van der Waals surface area contributed by atoms with E-state index >= 15 is 0 Å². The summed E-state index contributed by atoms with van der Waals surface area (Å²) in [5.74, 6) is 0.206. The Hall–Kier alpha value is -2.68. The molecule has 0 atom stereocenters. The van der Waals surface area contributed by atoms with Crippen molar-refractivity contribution in [1.82, 2.24) is 4.98 Å². The molecule has 3 heteroatoms. The average Bonchev–Trinajstić information content (AvgIpc) is 2.55. The van der Waals surface area contributed by atoms with Crippen molar-refractivity contribution in [1.29, 1.82) is 0 Å². The van der Waals surface area contributed by atoms with E-state index in [0.717, 1.165) is 11.1 Å². The number of halogens is 1. The van der Waals surface area contributed by atoms with Crippen LogP contribution in [-0.2, 0) is 6.61 Å². The quantitative estimate of drug-likeness (QED) is 0.703. The number of aromatic nitrogens is 1. The van der Waals surface area contributed by atoms with Gasteiger partial charge in [0.2, 0.25) is 0 Å². The van der Waals surface area contributed by atoms with Gasteiger partial charge in [0.05, 0.1) is 0 Å². The number of hydrogen-bond acceptors (Lipinski definition) is 2. The Morgan fingerprint density at radius 2 is 1.81 bits per heavy atom. The molecule has 0 aliphatic heterocycles. The highest BCUT2D eigenvalue weighted by Crippen LogP contribution is 2.25. The SMILES string of the molecule is Fc1cc(OCc2ccccc2)ccc1-c1cccnc1. The molecule has 0 aliphatic rings. The van der Waals surface area contributed by atoms with Gasteiger partial charge in [-0.2, -0.15) is 0 Å². The van der Waals surface area contributed by atoms with Gasteiger partial charge in [-0.15, -0.1) is 0 Å². The predicted octanol–water partition coefficient (Wildman–Crippen LogP) is 4.47. The topological polar surface area (TPSA) is 22.1 Å². The van der Waals surface area contributed by atoms with Crippen LogP contribution in [0, 0.1) is 5.82 Å². The van der Waals surface area contributed by atoms with Crippen LogP contribution in [0.15, 0.2) is 73.1 Å². The summed E-state index contributed by atoms with van der Waals surface area (Å²) >= 11 is 0. The monoisotopic (exact) mass is 279 g/mol. The van der Waals surface area contributed by atoms with E-state index in [1.807, 2.05) is 36.4 Å². The van der Waals surface area contributed by atoms with E-state index in [2.05, 4.69) is 4.98 Å². The third-order valence-corrected chi connectivity index (χ3v) is 3.16. The Morgan fingerprint density at radius 3 is 2.52 bits per heavy atom. The number of nitrogens with zero attached hydrogens (tertiary/aromatic N) is 1. The fourth-order valence-electron chi connectivity index (χ4n) is 2.08. The van der Waals surface area contributed by atoms with E-state index in [1.165, 1.54) is 6.07 Å². The molecule has 3 aromatic rings. The van der Waals surface area contributed by atoms with Crippen LogP contribution in [0.2, 0.25) is 0 Å². The Kier molecular flexibility index (Phi) is 3.92. The highest BCUT2D eigenvalue weighted by Gasteiger charge is 2.07. The van der Waals surface area contributed by atoms with Gasteiger partial charge < -0.3 is 4.74 Å². The zero-order valence-corrected chi connectivity index (χ0v) is 11.4. The minimum Gasteiger partial charge on any atom is -0.489 e. The standard InChI is InChI=1S/C18H14FNO/c19-18-11-16(21-13-14-5-2-1-3-6-14)8-9-17(18)15-7-4-10-20-12-15/h1-12H,13H2. The van der Waals surface area contributed by atoms with E-state index in [9.17, 15) is 4.39 Å². The summed E-state index contributed by atoms with van der Waals surface area (Å²) in [4.78, 5) is 4.00. The molecule has 21 heavy (non-hydrogen) atoms. The minimum atomic E-state index is -0.312. The lowest BCUT2D eigenvalue weighted by molar-refractivity contribution is 0.304. The highest BCUT2D eigenvalue weighted by molar-refractivity contribution is 5.63. The van der Waals surface area contributed by atoms with E-state index in [-0.39, 0.29) is 5.82 Å². The first-order chi connectivity index (χ1) is 10.3. The molecule has 0 radical (unpaired) electrons. The maximum Gasteiger partial charge on any atom is 0.134 e. The summed E-state index contributed by atoms with van der Waals surface area (Å²) in [7, 11) is 0. The molecule has 0 fully saturated rings. The second-order valence-corrected chi connectivity index (χ2v) is 4.66. The van der Waals surface area contributed by atoms with Crippen LogP contribution in [-0.4, -0.2) is 4.98 Å². The lowest BCUT2D eigenvalue weighted by Crippen LogP contribution is -1.96. The Morgan fingerprint density at radius 1 is 0.952 bits per heavy atom. The van der Waals surface area contributed by atoms with Crippen molar-refractivity contribution in [2.75, 3.05) is 0 Å². The summed E-state index contributed by atoms with van der Waals surface area (Å²) in [5, 5.41) is 0. The van der Waals surface area contributed by atoms with Gasteiger partial charge in [-0.25, -0.2) is 4.39 Å². The summed E-state index contributed by atoms with van der Waals surface area (Å²) < 4.78 is 19.8. The van der Waals surface area contributed by atoms with Gasteiger partial charge in [0, 0.05) is 29.6 Å². The molecule has 0 saturated carbocycles. The largest absolute Gasteiger partial charge is 0.489 e. The smallest absolute Gasteiger partial charge is 0.134 e. The van der Waals surface area contributed by atoms with Crippen LogP contribution < -0.4 is 4.74 Å². The summed E-state index contributed by atoms with van der Waals surface area (Å²) in [6.07, 6.45) is 3.31. The molecule has 0 N–H and O–H groups in total. The molecule has 0 aliphatic carbocycles. The Bertz CT molecular complexity index is 714. The highest BCUT2D eigenvalue weighted by atomic mass is 19.1. The van der Waals surface area contributed by atoms with Crippen LogP contribution in [0.25, 0.3) is 11.1 Å². The molecule has 1 heterocycles. The van der Waals surface area contributed by atoms with Crippen molar-refractivity contribution < 1.29 is 9.13 Å². The van der Waals surface area contributed by atoms with Gasteiger partial charge in [0.1, 0.15) is 18.2 Å². The van der Waals surface area contributed by atoms with Gasteiger partial charge in [-0.1, -0.05) is 36.4 Å². The number of rotatable bonds is 4. The molecule has 1 aromatic heterocycles. The molecular formula is C18H14FNO. The summed E-state index contributed by atoms with van der Waals surface area (Å²) in [5.41, 5.74) is 2.33. The van der Waals surface area contributed by atoms with E-state index in [0.29, 0.717) is 17.9 Å². The van der Waals surface area contributed by atoms with Gasteiger partial charge in [0.25, 0.3) is 0 Å². The van der Waals surface area contributed by atoms with Crippen molar-refractivity contribution in [3.63, 3.8) is 0 Å². The predicted molar refractivity (Wildman–Crippen MR) is 80.4 cm³/mol. The second-order valence-electron chi connectivity index (χ2n) is 4.66. The van der Waals surface area contributed by atoms with Gasteiger partial charge in [0.15, 0.2) is 0 Å². The number of benzene rings is 2. The van der Waals surface area contributed by atoms with E-state index < -0.39 is 0 Å². The van der Waals surface area contributed by atoms with E-state index in [4.69, 9.17) is 4.74 Å². The Labute approximate surface area is 122 Å². The van der Waals surface area contributed by atoms with Crippen LogP contribution >= 0.6 is 0 Å². The van der Waals surface area contributed by atoms with Crippen molar-refractivity contribution in [3.8, 4) is 16.9 Å². The van der Waals surface area contributed by atoms with Crippen molar-refractivity contribution in [3.05, 3.63) is 84.4 Å². The molecular weight excluding hydrogens is 265 g/mol. The van der Waals surface area contributed by atoms with Crippen molar-refractivity contribution >= 4 is 0 Å². The summed E-state index contributed by atoms with van der Waals surface area (Å²) in [6, 6.07) is 18.3. The number of pyridine rings is 1. The lowest BCUT2D eigenvalue weighted by Gasteiger charge is -2.08. The van der Waals surface area contributed by atoms with Crippen LogP contribution in [0.3, 0.4) is 0 Å². The maximum absolute atomic E-state index is 14.2. The lowest BCUT2D eigenvalue weighted by atomic mass is 10.1. The van der Waals surface area contributed by atoms with Crippen LogP contribution in [0.4, 0.5) is 4.39 Å². The molecule has 0 unspecified atom stereocenters. The third kappa shape index (κ3) is 3.26. The minimum absolute atomic E-state index is 0.312. The van der Waals surface area contributed by atoms with E-state index in [1.54, 1.807) is 30.6 Å². The van der Waals surface area contributed by atoms with Crippen LogP contribution in [0.5, 0.6) is 5.75 Å². The third-order valence-electron chi connectivity index (χ3n) is 3.16. The maximum atomic E-state index is 14.2. The first-order valence-corrected chi connectivity index (χ1v) is 6.69. The molecule has 0 amide bonds. The van der Waals surface area contributed by atoms with Gasteiger partial charge in [-0.3, -0.25) is 4.98 Å². The second kappa shape index (κ2) is 6.18. The molecule has 2 aromatic carbocycles. The molecule has 0 bridgehead atoms. The van der Waals surface area contributed by atoms with Crippen molar-refractivity contribution in [2.24, 2.45) is 0 Å². The number of hydrogen-bond donors (Lipinski definition) is 0. The molecule has 3 rings (SSSR count). The molecule has 2 nitrogen and oxygen atoms in total. The van der Waals surface area contributed by atoms with Gasteiger partial charge in [-0.05, 0) is 23.8 Å². The normalized spacial score (nSPS) is 10.3.